The smallest absolute Gasteiger partial charge is 0.325 e. The zero-order valence-electron chi connectivity index (χ0n) is 14.8. The molecular formula is C18H26N2O5. The SMILES string of the molecule is CCCCOc1ccc(C(=O)NCC(=O)OCC(=O)NCCC)cc1. The molecule has 1 aromatic rings. The van der Waals surface area contributed by atoms with Crippen LogP contribution in [0.2, 0.25) is 0 Å². The summed E-state index contributed by atoms with van der Waals surface area (Å²) in [7, 11) is 0. The Morgan fingerprint density at radius 1 is 1.00 bits per heavy atom. The van der Waals surface area contributed by atoms with Crippen LogP contribution < -0.4 is 15.4 Å². The molecule has 0 aliphatic rings. The van der Waals surface area contributed by atoms with Gasteiger partial charge in [-0.2, -0.15) is 0 Å². The fourth-order valence-electron chi connectivity index (χ4n) is 1.80. The van der Waals surface area contributed by atoms with Crippen LogP contribution in [0.3, 0.4) is 0 Å². The molecule has 1 aromatic carbocycles. The van der Waals surface area contributed by atoms with Crippen LogP contribution >= 0.6 is 0 Å². The van der Waals surface area contributed by atoms with E-state index >= 15 is 0 Å². The Labute approximate surface area is 148 Å². The number of rotatable bonds is 11. The van der Waals surface area contributed by atoms with Gasteiger partial charge >= 0.3 is 5.97 Å². The summed E-state index contributed by atoms with van der Waals surface area (Å²) in [4.78, 5) is 34.8. The fourth-order valence-corrected chi connectivity index (χ4v) is 1.80. The van der Waals surface area contributed by atoms with Gasteiger partial charge in [-0.1, -0.05) is 20.3 Å². The van der Waals surface area contributed by atoms with E-state index in [9.17, 15) is 14.4 Å². The summed E-state index contributed by atoms with van der Waals surface area (Å²) in [6.07, 6.45) is 2.83. The summed E-state index contributed by atoms with van der Waals surface area (Å²) >= 11 is 0. The second-order valence-corrected chi connectivity index (χ2v) is 5.42. The lowest BCUT2D eigenvalue weighted by atomic mass is 10.2. The van der Waals surface area contributed by atoms with E-state index in [-0.39, 0.29) is 19.1 Å². The molecule has 0 saturated heterocycles. The van der Waals surface area contributed by atoms with Crippen LogP contribution in [0.1, 0.15) is 43.5 Å². The summed E-state index contributed by atoms with van der Waals surface area (Å²) in [5.74, 6) is -0.727. The molecule has 0 heterocycles. The van der Waals surface area contributed by atoms with Crippen LogP contribution in [0.25, 0.3) is 0 Å². The molecule has 0 saturated carbocycles. The van der Waals surface area contributed by atoms with Crippen molar-refractivity contribution >= 4 is 17.8 Å². The second-order valence-electron chi connectivity index (χ2n) is 5.42. The molecule has 0 spiro atoms. The van der Waals surface area contributed by atoms with Gasteiger partial charge in [0.2, 0.25) is 0 Å². The summed E-state index contributed by atoms with van der Waals surface area (Å²) < 4.78 is 10.3. The Balaban J connectivity index is 2.31. The van der Waals surface area contributed by atoms with Gasteiger partial charge in [0.05, 0.1) is 6.61 Å². The summed E-state index contributed by atoms with van der Waals surface area (Å²) in [5, 5.41) is 5.04. The lowest BCUT2D eigenvalue weighted by Crippen LogP contribution is -2.34. The maximum Gasteiger partial charge on any atom is 0.325 e. The minimum Gasteiger partial charge on any atom is -0.494 e. The van der Waals surface area contributed by atoms with Crippen molar-refractivity contribution in [3.05, 3.63) is 29.8 Å². The molecule has 7 nitrogen and oxygen atoms in total. The molecule has 138 valence electrons. The van der Waals surface area contributed by atoms with E-state index in [0.29, 0.717) is 24.5 Å². The maximum atomic E-state index is 12.0. The van der Waals surface area contributed by atoms with E-state index in [1.165, 1.54) is 0 Å². The molecule has 7 heteroatoms. The van der Waals surface area contributed by atoms with Crippen LogP contribution in [-0.2, 0) is 14.3 Å². The zero-order valence-corrected chi connectivity index (χ0v) is 14.8. The maximum absolute atomic E-state index is 12.0. The van der Waals surface area contributed by atoms with Crippen molar-refractivity contribution in [2.45, 2.75) is 33.1 Å². The van der Waals surface area contributed by atoms with Gasteiger partial charge < -0.3 is 20.1 Å². The highest BCUT2D eigenvalue weighted by Crippen LogP contribution is 2.12. The predicted octanol–water partition coefficient (Wildman–Crippen LogP) is 1.66. The van der Waals surface area contributed by atoms with Crippen LogP contribution in [0.4, 0.5) is 0 Å². The number of esters is 1. The zero-order chi connectivity index (χ0) is 18.5. The van der Waals surface area contributed by atoms with E-state index < -0.39 is 11.9 Å². The van der Waals surface area contributed by atoms with Crippen molar-refractivity contribution in [3.8, 4) is 5.75 Å². The minimum absolute atomic E-state index is 0.297. The number of carbonyl (C=O) groups excluding carboxylic acids is 3. The van der Waals surface area contributed by atoms with Crippen LogP contribution in [0, 0.1) is 0 Å². The van der Waals surface area contributed by atoms with Gasteiger partial charge in [0.25, 0.3) is 11.8 Å². The largest absolute Gasteiger partial charge is 0.494 e. The van der Waals surface area contributed by atoms with E-state index in [4.69, 9.17) is 9.47 Å². The fraction of sp³-hybridized carbons (Fsp3) is 0.500. The Bertz CT molecular complexity index is 557. The van der Waals surface area contributed by atoms with E-state index in [2.05, 4.69) is 17.6 Å². The molecule has 2 amide bonds. The Morgan fingerprint density at radius 3 is 2.36 bits per heavy atom. The number of amides is 2. The van der Waals surface area contributed by atoms with Crippen molar-refractivity contribution in [3.63, 3.8) is 0 Å². The summed E-state index contributed by atoms with van der Waals surface area (Å²) in [5.41, 5.74) is 0.413. The Hall–Kier alpha value is -2.57. The highest BCUT2D eigenvalue weighted by atomic mass is 16.5. The molecule has 0 aromatic heterocycles. The minimum atomic E-state index is -0.667. The molecule has 25 heavy (non-hydrogen) atoms. The van der Waals surface area contributed by atoms with Gasteiger partial charge in [-0.15, -0.1) is 0 Å². The highest BCUT2D eigenvalue weighted by molar-refractivity contribution is 5.96. The molecule has 0 aliphatic carbocycles. The molecular weight excluding hydrogens is 324 g/mol. The first-order valence-corrected chi connectivity index (χ1v) is 8.50. The number of carbonyl (C=O) groups is 3. The topological polar surface area (TPSA) is 93.7 Å². The molecule has 0 aliphatic heterocycles. The van der Waals surface area contributed by atoms with Crippen molar-refractivity contribution in [2.75, 3.05) is 26.3 Å². The number of ether oxygens (including phenoxy) is 2. The molecule has 0 radical (unpaired) electrons. The standard InChI is InChI=1S/C18H26N2O5/c1-3-5-11-24-15-8-6-14(7-9-15)18(23)20-12-17(22)25-13-16(21)19-10-4-2/h6-9H,3-5,10-13H2,1-2H3,(H,19,21)(H,20,23). The molecule has 0 unspecified atom stereocenters. The van der Waals surface area contributed by atoms with E-state index in [1.807, 2.05) is 6.92 Å². The van der Waals surface area contributed by atoms with E-state index in [0.717, 1.165) is 19.3 Å². The first kappa shape index (κ1) is 20.5. The molecule has 1 rings (SSSR count). The average Bonchev–Trinajstić information content (AvgIpc) is 2.63. The van der Waals surface area contributed by atoms with Crippen LogP contribution in [-0.4, -0.2) is 44.1 Å². The summed E-state index contributed by atoms with van der Waals surface area (Å²) in [6, 6.07) is 6.67. The third-order valence-corrected chi connectivity index (χ3v) is 3.21. The highest BCUT2D eigenvalue weighted by Gasteiger charge is 2.10. The van der Waals surface area contributed by atoms with Gasteiger partial charge in [0, 0.05) is 12.1 Å². The van der Waals surface area contributed by atoms with Crippen LogP contribution in [0.5, 0.6) is 5.75 Å². The molecule has 0 atom stereocenters. The number of nitrogens with one attached hydrogen (secondary N) is 2. The lowest BCUT2D eigenvalue weighted by Gasteiger charge is -2.08. The van der Waals surface area contributed by atoms with Crippen molar-refractivity contribution in [2.24, 2.45) is 0 Å². The van der Waals surface area contributed by atoms with Crippen molar-refractivity contribution < 1.29 is 23.9 Å². The first-order chi connectivity index (χ1) is 12.1. The Kier molecular flexibility index (Phi) is 9.74. The number of unbranched alkanes of at least 4 members (excludes halogenated alkanes) is 1. The first-order valence-electron chi connectivity index (χ1n) is 8.50. The number of hydrogen-bond donors (Lipinski definition) is 2. The predicted molar refractivity (Wildman–Crippen MR) is 93.4 cm³/mol. The van der Waals surface area contributed by atoms with E-state index in [1.54, 1.807) is 24.3 Å². The van der Waals surface area contributed by atoms with Gasteiger partial charge in [-0.3, -0.25) is 14.4 Å². The lowest BCUT2D eigenvalue weighted by molar-refractivity contribution is -0.147. The third kappa shape index (κ3) is 8.74. The quantitative estimate of drug-likeness (QED) is 0.468. The van der Waals surface area contributed by atoms with Gasteiger partial charge in [-0.25, -0.2) is 0 Å². The number of benzene rings is 1. The molecule has 0 bridgehead atoms. The van der Waals surface area contributed by atoms with Crippen molar-refractivity contribution in [1.29, 1.82) is 0 Å². The molecule has 0 fully saturated rings. The van der Waals surface area contributed by atoms with Crippen LogP contribution in [0.15, 0.2) is 24.3 Å². The van der Waals surface area contributed by atoms with Gasteiger partial charge in [0.1, 0.15) is 12.3 Å². The van der Waals surface area contributed by atoms with Gasteiger partial charge in [-0.05, 0) is 37.1 Å². The molecule has 2 N–H and O–H groups in total. The normalized spacial score (nSPS) is 10.0. The monoisotopic (exact) mass is 350 g/mol. The average molecular weight is 350 g/mol. The summed E-state index contributed by atoms with van der Waals surface area (Å²) in [6.45, 7) is 4.53. The second kappa shape index (κ2) is 11.9. The van der Waals surface area contributed by atoms with Crippen molar-refractivity contribution in [1.82, 2.24) is 10.6 Å². The number of hydrogen-bond acceptors (Lipinski definition) is 5. The van der Waals surface area contributed by atoms with Gasteiger partial charge in [0.15, 0.2) is 6.61 Å². The Morgan fingerprint density at radius 2 is 1.72 bits per heavy atom. The third-order valence-electron chi connectivity index (χ3n) is 3.21.